The number of hydrogen-bond donors (Lipinski definition) is 1. The van der Waals surface area contributed by atoms with E-state index in [1.807, 2.05) is 13.8 Å². The molecule has 96 valence electrons. The lowest BCUT2D eigenvalue weighted by atomic mass is 10.2. The number of nitrogens with zero attached hydrogens (tertiary/aromatic N) is 3. The Morgan fingerprint density at radius 1 is 1.33 bits per heavy atom. The van der Waals surface area contributed by atoms with Gasteiger partial charge in [0.05, 0.1) is 18.8 Å². The van der Waals surface area contributed by atoms with E-state index in [0.29, 0.717) is 18.3 Å². The van der Waals surface area contributed by atoms with Crippen LogP contribution >= 0.6 is 0 Å². The second kappa shape index (κ2) is 5.70. The zero-order valence-electron chi connectivity index (χ0n) is 10.4. The van der Waals surface area contributed by atoms with Crippen molar-refractivity contribution in [2.45, 2.75) is 26.0 Å². The Balaban J connectivity index is 2.06. The fourth-order valence-corrected chi connectivity index (χ4v) is 1.37. The fourth-order valence-electron chi connectivity index (χ4n) is 1.37. The molecule has 1 atom stereocenters. The van der Waals surface area contributed by atoms with Crippen molar-refractivity contribution >= 4 is 0 Å². The summed E-state index contributed by atoms with van der Waals surface area (Å²) in [7, 11) is 0. The summed E-state index contributed by atoms with van der Waals surface area (Å²) in [6, 6.07) is 3.22. The molecule has 0 spiro atoms. The van der Waals surface area contributed by atoms with Crippen LogP contribution in [0, 0.1) is 0 Å². The Labute approximate surface area is 105 Å². The number of aromatic nitrogens is 3. The highest BCUT2D eigenvalue weighted by Gasteiger charge is 2.15. The van der Waals surface area contributed by atoms with E-state index in [2.05, 4.69) is 15.1 Å². The molecule has 0 radical (unpaired) electrons. The number of rotatable bonds is 5. The van der Waals surface area contributed by atoms with Crippen molar-refractivity contribution in [3.63, 3.8) is 0 Å². The molecule has 1 unspecified atom stereocenters. The standard InChI is InChI=1S/C12H16N4O2/c1-8(2)17-7-10(13)11-15-12(18-16-11)9-3-5-14-6-4-9/h3-6,8,10H,7,13H2,1-2H3. The predicted molar refractivity (Wildman–Crippen MR) is 65.5 cm³/mol. The van der Waals surface area contributed by atoms with Crippen molar-refractivity contribution in [2.75, 3.05) is 6.61 Å². The van der Waals surface area contributed by atoms with E-state index in [0.717, 1.165) is 5.56 Å². The van der Waals surface area contributed by atoms with Gasteiger partial charge in [-0.1, -0.05) is 5.16 Å². The maximum Gasteiger partial charge on any atom is 0.258 e. The van der Waals surface area contributed by atoms with Gasteiger partial charge in [0.15, 0.2) is 5.82 Å². The van der Waals surface area contributed by atoms with Gasteiger partial charge in [-0.25, -0.2) is 0 Å². The maximum atomic E-state index is 5.91. The minimum Gasteiger partial charge on any atom is -0.377 e. The van der Waals surface area contributed by atoms with Crippen molar-refractivity contribution in [1.29, 1.82) is 0 Å². The van der Waals surface area contributed by atoms with Crippen LogP contribution in [0.3, 0.4) is 0 Å². The molecule has 18 heavy (non-hydrogen) atoms. The molecule has 6 nitrogen and oxygen atoms in total. The molecule has 0 saturated carbocycles. The number of nitrogens with two attached hydrogens (primary N) is 1. The smallest absolute Gasteiger partial charge is 0.258 e. The number of ether oxygens (including phenoxy) is 1. The molecule has 2 rings (SSSR count). The molecule has 2 heterocycles. The van der Waals surface area contributed by atoms with Crippen LogP contribution in [0.1, 0.15) is 25.7 Å². The molecule has 0 aliphatic heterocycles. The molecular formula is C12H16N4O2. The van der Waals surface area contributed by atoms with E-state index in [4.69, 9.17) is 15.0 Å². The minimum absolute atomic E-state index is 0.127. The summed E-state index contributed by atoms with van der Waals surface area (Å²) >= 11 is 0. The summed E-state index contributed by atoms with van der Waals surface area (Å²) in [6.45, 7) is 4.27. The van der Waals surface area contributed by atoms with Crippen molar-refractivity contribution in [3.05, 3.63) is 30.4 Å². The van der Waals surface area contributed by atoms with E-state index >= 15 is 0 Å². The lowest BCUT2D eigenvalue weighted by Gasteiger charge is -2.10. The Hall–Kier alpha value is -1.79. The molecule has 2 aromatic heterocycles. The maximum absolute atomic E-state index is 5.91. The summed E-state index contributed by atoms with van der Waals surface area (Å²) in [4.78, 5) is 8.17. The zero-order valence-corrected chi connectivity index (χ0v) is 10.4. The van der Waals surface area contributed by atoms with Crippen LogP contribution in [0.15, 0.2) is 29.0 Å². The molecule has 0 aliphatic carbocycles. The molecule has 6 heteroatoms. The first-order valence-electron chi connectivity index (χ1n) is 5.78. The monoisotopic (exact) mass is 248 g/mol. The van der Waals surface area contributed by atoms with Gasteiger partial charge in [-0.2, -0.15) is 4.98 Å². The Morgan fingerprint density at radius 2 is 2.06 bits per heavy atom. The van der Waals surface area contributed by atoms with E-state index in [-0.39, 0.29) is 12.1 Å². The van der Waals surface area contributed by atoms with Gasteiger partial charge in [0, 0.05) is 18.0 Å². The molecule has 0 fully saturated rings. The van der Waals surface area contributed by atoms with Crippen LogP contribution in [-0.2, 0) is 4.74 Å². The van der Waals surface area contributed by atoms with Crippen LogP contribution in [0.4, 0.5) is 0 Å². The molecule has 0 amide bonds. The van der Waals surface area contributed by atoms with Crippen molar-refractivity contribution < 1.29 is 9.26 Å². The largest absolute Gasteiger partial charge is 0.377 e. The summed E-state index contributed by atoms with van der Waals surface area (Å²) in [5.74, 6) is 0.884. The fraction of sp³-hybridized carbons (Fsp3) is 0.417. The third-order valence-corrected chi connectivity index (χ3v) is 2.31. The molecule has 2 aromatic rings. The van der Waals surface area contributed by atoms with Crippen molar-refractivity contribution in [2.24, 2.45) is 5.73 Å². The van der Waals surface area contributed by atoms with Crippen LogP contribution in [-0.4, -0.2) is 27.8 Å². The third kappa shape index (κ3) is 3.12. The quantitative estimate of drug-likeness (QED) is 0.863. The average Bonchev–Trinajstić information content (AvgIpc) is 2.86. The molecule has 2 N–H and O–H groups in total. The van der Waals surface area contributed by atoms with Gasteiger partial charge in [0.2, 0.25) is 0 Å². The summed E-state index contributed by atoms with van der Waals surface area (Å²) < 4.78 is 10.6. The average molecular weight is 248 g/mol. The molecule has 0 aliphatic rings. The SMILES string of the molecule is CC(C)OCC(N)c1noc(-c2ccncc2)n1. The Bertz CT molecular complexity index is 484. The minimum atomic E-state index is -0.383. The lowest BCUT2D eigenvalue weighted by Crippen LogP contribution is -2.20. The summed E-state index contributed by atoms with van der Waals surface area (Å²) in [5.41, 5.74) is 6.73. The van der Waals surface area contributed by atoms with Crippen molar-refractivity contribution in [3.8, 4) is 11.5 Å². The van der Waals surface area contributed by atoms with Crippen LogP contribution < -0.4 is 5.73 Å². The van der Waals surface area contributed by atoms with Gasteiger partial charge >= 0.3 is 0 Å². The topological polar surface area (TPSA) is 87.1 Å². The normalized spacial score (nSPS) is 12.9. The van der Waals surface area contributed by atoms with Crippen molar-refractivity contribution in [1.82, 2.24) is 15.1 Å². The highest BCUT2D eigenvalue weighted by molar-refractivity contribution is 5.51. The van der Waals surface area contributed by atoms with Gasteiger partial charge in [0.25, 0.3) is 5.89 Å². The van der Waals surface area contributed by atoms with Gasteiger partial charge in [0.1, 0.15) is 0 Å². The van der Waals surface area contributed by atoms with E-state index in [1.165, 1.54) is 0 Å². The van der Waals surface area contributed by atoms with E-state index in [9.17, 15) is 0 Å². The van der Waals surface area contributed by atoms with Crippen LogP contribution in [0.5, 0.6) is 0 Å². The third-order valence-electron chi connectivity index (χ3n) is 2.31. The highest BCUT2D eigenvalue weighted by Crippen LogP contribution is 2.17. The lowest BCUT2D eigenvalue weighted by molar-refractivity contribution is 0.0665. The first-order valence-corrected chi connectivity index (χ1v) is 5.78. The van der Waals surface area contributed by atoms with Gasteiger partial charge < -0.3 is 15.0 Å². The Morgan fingerprint density at radius 3 is 2.72 bits per heavy atom. The van der Waals surface area contributed by atoms with Gasteiger partial charge in [-0.3, -0.25) is 4.98 Å². The first-order chi connectivity index (χ1) is 8.66. The molecular weight excluding hydrogens is 232 g/mol. The second-order valence-electron chi connectivity index (χ2n) is 4.18. The van der Waals surface area contributed by atoms with Gasteiger partial charge in [-0.05, 0) is 26.0 Å². The van der Waals surface area contributed by atoms with Crippen LogP contribution in [0.25, 0.3) is 11.5 Å². The zero-order chi connectivity index (χ0) is 13.0. The van der Waals surface area contributed by atoms with Crippen LogP contribution in [0.2, 0.25) is 0 Å². The number of hydrogen-bond acceptors (Lipinski definition) is 6. The van der Waals surface area contributed by atoms with E-state index < -0.39 is 0 Å². The van der Waals surface area contributed by atoms with E-state index in [1.54, 1.807) is 24.5 Å². The van der Waals surface area contributed by atoms with Gasteiger partial charge in [-0.15, -0.1) is 0 Å². The highest BCUT2D eigenvalue weighted by atomic mass is 16.5. The Kier molecular flexibility index (Phi) is 4.01. The molecule has 0 aromatic carbocycles. The summed E-state index contributed by atoms with van der Waals surface area (Å²) in [6.07, 6.45) is 3.46. The second-order valence-corrected chi connectivity index (χ2v) is 4.18. The molecule has 0 bridgehead atoms. The molecule has 0 saturated heterocycles. The first kappa shape index (κ1) is 12.7. The predicted octanol–water partition coefficient (Wildman–Crippen LogP) is 1.56. The number of pyridine rings is 1. The summed E-state index contributed by atoms with van der Waals surface area (Å²) in [5, 5.41) is 3.86.